The van der Waals surface area contributed by atoms with Gasteiger partial charge in [0.25, 0.3) is 0 Å². The zero-order valence-electron chi connectivity index (χ0n) is 14.1. The van der Waals surface area contributed by atoms with Crippen LogP contribution >= 0.6 is 0 Å². The number of aldehydes is 1. The molecule has 0 heterocycles. The quantitative estimate of drug-likeness (QED) is 0.362. The van der Waals surface area contributed by atoms with E-state index in [0.29, 0.717) is 16.7 Å². The lowest BCUT2D eigenvalue weighted by atomic mass is 9.88. The van der Waals surface area contributed by atoms with Crippen molar-refractivity contribution in [3.8, 4) is 11.1 Å². The van der Waals surface area contributed by atoms with E-state index in [2.05, 4.69) is 0 Å². The number of hydrogen-bond donors (Lipinski definition) is 0. The van der Waals surface area contributed by atoms with Crippen LogP contribution < -0.4 is 0 Å². The molecule has 0 saturated carbocycles. The number of rotatable bonds is 4. The first-order chi connectivity index (χ1) is 12.8. The lowest BCUT2D eigenvalue weighted by molar-refractivity contribution is 0.103. The molecule has 0 bridgehead atoms. The molecule has 0 radical (unpaired) electrons. The first-order valence-electron chi connectivity index (χ1n) is 8.45. The molecule has 0 unspecified atom stereocenters. The maximum Gasteiger partial charge on any atom is 0.194 e. The topological polar surface area (TPSA) is 34.1 Å². The minimum Gasteiger partial charge on any atom is -0.298 e. The molecule has 0 aliphatic rings. The van der Waals surface area contributed by atoms with Crippen LogP contribution in [0, 0.1) is 0 Å². The summed E-state index contributed by atoms with van der Waals surface area (Å²) in [6.45, 7) is 0. The fourth-order valence-electron chi connectivity index (χ4n) is 3.34. The Bertz CT molecular complexity index is 1110. The molecule has 124 valence electrons. The van der Waals surface area contributed by atoms with Gasteiger partial charge in [-0.3, -0.25) is 9.59 Å². The minimum absolute atomic E-state index is 0.142. The van der Waals surface area contributed by atoms with E-state index in [1.807, 2.05) is 72.8 Å². The zero-order chi connectivity index (χ0) is 17.9. The van der Waals surface area contributed by atoms with Gasteiger partial charge in [0.1, 0.15) is 0 Å². The monoisotopic (exact) mass is 336 g/mol. The van der Waals surface area contributed by atoms with E-state index in [0.717, 1.165) is 28.2 Å². The van der Waals surface area contributed by atoms with Crippen molar-refractivity contribution >= 4 is 22.8 Å². The van der Waals surface area contributed by atoms with Gasteiger partial charge in [0, 0.05) is 16.7 Å². The van der Waals surface area contributed by atoms with Crippen molar-refractivity contribution in [1.29, 1.82) is 0 Å². The van der Waals surface area contributed by atoms with Crippen LogP contribution in [0.2, 0.25) is 0 Å². The van der Waals surface area contributed by atoms with Crippen LogP contribution in [-0.4, -0.2) is 12.1 Å². The van der Waals surface area contributed by atoms with Crippen molar-refractivity contribution in [3.05, 3.63) is 108 Å². The molecule has 0 atom stereocenters. The molecule has 0 fully saturated rings. The lowest BCUT2D eigenvalue weighted by Gasteiger charge is -2.14. The molecule has 0 saturated heterocycles. The van der Waals surface area contributed by atoms with Crippen molar-refractivity contribution in [3.63, 3.8) is 0 Å². The predicted molar refractivity (Wildman–Crippen MR) is 105 cm³/mol. The fourth-order valence-corrected chi connectivity index (χ4v) is 3.34. The highest BCUT2D eigenvalue weighted by Crippen LogP contribution is 2.33. The van der Waals surface area contributed by atoms with Gasteiger partial charge in [-0.25, -0.2) is 0 Å². The number of fused-ring (bicyclic) bond motifs is 1. The molecule has 2 heteroatoms. The first-order valence-corrected chi connectivity index (χ1v) is 8.45. The largest absolute Gasteiger partial charge is 0.298 e. The summed E-state index contributed by atoms with van der Waals surface area (Å²) in [5.74, 6) is -0.142. The van der Waals surface area contributed by atoms with Gasteiger partial charge >= 0.3 is 0 Å². The van der Waals surface area contributed by atoms with E-state index in [1.165, 1.54) is 0 Å². The fraction of sp³-hybridized carbons (Fsp3) is 0. The molecule has 0 N–H and O–H groups in total. The molecule has 4 aromatic carbocycles. The molecular weight excluding hydrogens is 320 g/mol. The number of carbonyl (C=O) groups is 2. The molecule has 0 aromatic heterocycles. The number of hydrogen-bond acceptors (Lipinski definition) is 2. The van der Waals surface area contributed by atoms with E-state index in [4.69, 9.17) is 0 Å². The molecule has 2 nitrogen and oxygen atoms in total. The second-order valence-corrected chi connectivity index (χ2v) is 6.11. The SMILES string of the molecule is O=Cc1cccc(-c2cccc3ccccc23)c1C(=O)c1ccccc1. The molecule has 0 spiro atoms. The van der Waals surface area contributed by atoms with E-state index in [9.17, 15) is 9.59 Å². The summed E-state index contributed by atoms with van der Waals surface area (Å²) in [6, 6.07) is 28.6. The predicted octanol–water partition coefficient (Wildman–Crippen LogP) is 5.55. The molecular formula is C24H16O2. The average molecular weight is 336 g/mol. The molecule has 4 rings (SSSR count). The third-order valence-electron chi connectivity index (χ3n) is 4.57. The standard InChI is InChI=1S/C24H16O2/c25-16-19-12-7-15-22(23(19)24(26)18-9-2-1-3-10-18)21-14-6-11-17-8-4-5-13-20(17)21/h1-16H. The van der Waals surface area contributed by atoms with E-state index < -0.39 is 0 Å². The van der Waals surface area contributed by atoms with E-state index in [-0.39, 0.29) is 5.78 Å². The third kappa shape index (κ3) is 2.72. The Morgan fingerprint density at radius 1 is 0.654 bits per heavy atom. The maximum absolute atomic E-state index is 13.2. The highest BCUT2D eigenvalue weighted by molar-refractivity contribution is 6.17. The van der Waals surface area contributed by atoms with Crippen LogP contribution in [0.1, 0.15) is 26.3 Å². The highest BCUT2D eigenvalue weighted by atomic mass is 16.1. The number of benzene rings is 4. The van der Waals surface area contributed by atoms with Crippen LogP contribution in [0.5, 0.6) is 0 Å². The van der Waals surface area contributed by atoms with Crippen molar-refractivity contribution in [2.75, 3.05) is 0 Å². The van der Waals surface area contributed by atoms with Gasteiger partial charge in [-0.1, -0.05) is 91.0 Å². The summed E-state index contributed by atoms with van der Waals surface area (Å²) in [5.41, 5.74) is 3.16. The molecule has 26 heavy (non-hydrogen) atoms. The van der Waals surface area contributed by atoms with Crippen molar-refractivity contribution in [2.24, 2.45) is 0 Å². The molecule has 0 amide bonds. The van der Waals surface area contributed by atoms with Crippen molar-refractivity contribution < 1.29 is 9.59 Å². The maximum atomic E-state index is 13.2. The first kappa shape index (κ1) is 16.0. The molecule has 4 aromatic rings. The van der Waals surface area contributed by atoms with Gasteiger partial charge in [0.2, 0.25) is 0 Å². The second kappa shape index (κ2) is 6.77. The average Bonchev–Trinajstić information content (AvgIpc) is 2.73. The van der Waals surface area contributed by atoms with E-state index in [1.54, 1.807) is 18.2 Å². The van der Waals surface area contributed by atoms with Crippen LogP contribution in [0.15, 0.2) is 91.0 Å². The third-order valence-corrected chi connectivity index (χ3v) is 4.57. The van der Waals surface area contributed by atoms with Crippen LogP contribution in [-0.2, 0) is 0 Å². The summed E-state index contributed by atoms with van der Waals surface area (Å²) in [5, 5.41) is 2.15. The highest BCUT2D eigenvalue weighted by Gasteiger charge is 2.19. The van der Waals surface area contributed by atoms with Gasteiger partial charge in [0.15, 0.2) is 12.1 Å². The van der Waals surface area contributed by atoms with Crippen LogP contribution in [0.25, 0.3) is 21.9 Å². The summed E-state index contributed by atoms with van der Waals surface area (Å²) >= 11 is 0. The summed E-state index contributed by atoms with van der Waals surface area (Å²) < 4.78 is 0. The normalized spacial score (nSPS) is 10.6. The molecule has 0 aliphatic carbocycles. The van der Waals surface area contributed by atoms with E-state index >= 15 is 0 Å². The van der Waals surface area contributed by atoms with Gasteiger partial charge < -0.3 is 0 Å². The smallest absolute Gasteiger partial charge is 0.194 e. The Morgan fingerprint density at radius 2 is 1.31 bits per heavy atom. The van der Waals surface area contributed by atoms with Crippen molar-refractivity contribution in [2.45, 2.75) is 0 Å². The van der Waals surface area contributed by atoms with Crippen molar-refractivity contribution in [1.82, 2.24) is 0 Å². The van der Waals surface area contributed by atoms with Gasteiger partial charge in [0.05, 0.1) is 0 Å². The Morgan fingerprint density at radius 3 is 2.12 bits per heavy atom. The van der Waals surface area contributed by atoms with Gasteiger partial charge in [-0.05, 0) is 21.9 Å². The second-order valence-electron chi connectivity index (χ2n) is 6.11. The van der Waals surface area contributed by atoms with Crippen LogP contribution in [0.4, 0.5) is 0 Å². The van der Waals surface area contributed by atoms with Gasteiger partial charge in [-0.15, -0.1) is 0 Å². The number of ketones is 1. The Kier molecular flexibility index (Phi) is 4.16. The number of carbonyl (C=O) groups excluding carboxylic acids is 2. The van der Waals surface area contributed by atoms with Crippen LogP contribution in [0.3, 0.4) is 0 Å². The van der Waals surface area contributed by atoms with Gasteiger partial charge in [-0.2, -0.15) is 0 Å². The zero-order valence-corrected chi connectivity index (χ0v) is 14.1. The Hall–Kier alpha value is -3.52. The minimum atomic E-state index is -0.142. The summed E-state index contributed by atoms with van der Waals surface area (Å²) in [6.07, 6.45) is 0.755. The summed E-state index contributed by atoms with van der Waals surface area (Å²) in [7, 11) is 0. The Balaban J connectivity index is 2.01. The molecule has 0 aliphatic heterocycles. The Labute approximate surface area is 151 Å². The summed E-state index contributed by atoms with van der Waals surface area (Å²) in [4.78, 5) is 24.9. The lowest BCUT2D eigenvalue weighted by Crippen LogP contribution is -2.07.